The number of nitrogens with zero attached hydrogens (tertiary/aromatic N) is 3. The van der Waals surface area contributed by atoms with E-state index in [0.29, 0.717) is 22.0 Å². The Hall–Kier alpha value is -3.29. The number of methoxy groups -OCH3 is 1. The first-order valence-electron chi connectivity index (χ1n) is 8.58. The molecule has 140 valence electrons. The molecule has 0 saturated carbocycles. The molecule has 0 aliphatic rings. The zero-order valence-corrected chi connectivity index (χ0v) is 15.8. The highest BCUT2D eigenvalue weighted by Crippen LogP contribution is 2.35. The number of benzene rings is 2. The van der Waals surface area contributed by atoms with Crippen LogP contribution in [0.4, 0.5) is 5.13 Å². The number of rotatable bonds is 5. The van der Waals surface area contributed by atoms with Crippen molar-refractivity contribution in [2.75, 3.05) is 12.0 Å². The summed E-state index contributed by atoms with van der Waals surface area (Å²) in [5.74, 6) is 0.370. The lowest BCUT2D eigenvalue weighted by Gasteiger charge is -2.26. The number of thiazole rings is 1. The van der Waals surface area contributed by atoms with Gasteiger partial charge in [0.2, 0.25) is 0 Å². The number of hydrogen-bond donors (Lipinski definition) is 1. The standard InChI is InChI=1S/C21H17N3O3S/c1-27-16-7-8-17-18(13-16)28-21(23-17)24(19(25)14-5-3-2-4-6-14)20(26)15-9-11-22-12-10-15/h2-13,20,26H,1H3. The number of hydrogen-bond acceptors (Lipinski definition) is 6. The Balaban J connectivity index is 1.81. The summed E-state index contributed by atoms with van der Waals surface area (Å²) in [5, 5.41) is 11.4. The molecule has 0 radical (unpaired) electrons. The van der Waals surface area contributed by atoms with Crippen molar-refractivity contribution < 1.29 is 14.6 Å². The molecule has 28 heavy (non-hydrogen) atoms. The molecule has 0 fully saturated rings. The number of anilines is 1. The van der Waals surface area contributed by atoms with Crippen molar-refractivity contribution in [2.24, 2.45) is 0 Å². The van der Waals surface area contributed by atoms with Gasteiger partial charge in [0.25, 0.3) is 5.91 Å². The first-order valence-corrected chi connectivity index (χ1v) is 9.40. The van der Waals surface area contributed by atoms with Crippen LogP contribution in [-0.4, -0.2) is 28.1 Å². The number of carbonyl (C=O) groups is 1. The maximum Gasteiger partial charge on any atom is 0.262 e. The second-order valence-electron chi connectivity index (χ2n) is 6.03. The SMILES string of the molecule is COc1ccc2nc(N(C(=O)c3ccccc3)C(O)c3ccncc3)sc2c1. The van der Waals surface area contributed by atoms with Crippen LogP contribution >= 0.6 is 11.3 Å². The number of pyridine rings is 1. The van der Waals surface area contributed by atoms with Gasteiger partial charge in [-0.15, -0.1) is 0 Å². The Bertz CT molecular complexity index is 1100. The van der Waals surface area contributed by atoms with Gasteiger partial charge in [0.05, 0.1) is 17.3 Å². The van der Waals surface area contributed by atoms with E-state index in [-0.39, 0.29) is 5.91 Å². The largest absolute Gasteiger partial charge is 0.497 e. The fourth-order valence-corrected chi connectivity index (χ4v) is 3.84. The predicted molar refractivity (Wildman–Crippen MR) is 109 cm³/mol. The van der Waals surface area contributed by atoms with Crippen LogP contribution in [0.2, 0.25) is 0 Å². The van der Waals surface area contributed by atoms with E-state index in [1.165, 1.54) is 16.2 Å². The van der Waals surface area contributed by atoms with E-state index in [2.05, 4.69) is 9.97 Å². The van der Waals surface area contributed by atoms with E-state index in [1.807, 2.05) is 24.3 Å². The van der Waals surface area contributed by atoms with E-state index in [1.54, 1.807) is 55.9 Å². The lowest BCUT2D eigenvalue weighted by atomic mass is 10.1. The zero-order chi connectivity index (χ0) is 19.5. The molecule has 7 heteroatoms. The summed E-state index contributed by atoms with van der Waals surface area (Å²) in [6.45, 7) is 0. The van der Waals surface area contributed by atoms with Gasteiger partial charge in [-0.2, -0.15) is 0 Å². The van der Waals surface area contributed by atoms with Gasteiger partial charge < -0.3 is 9.84 Å². The highest BCUT2D eigenvalue weighted by Gasteiger charge is 2.29. The van der Waals surface area contributed by atoms with Crippen LogP contribution in [0, 0.1) is 0 Å². The van der Waals surface area contributed by atoms with Crippen LogP contribution in [0.15, 0.2) is 73.1 Å². The van der Waals surface area contributed by atoms with Crippen molar-refractivity contribution in [3.8, 4) is 5.75 Å². The molecule has 0 aliphatic heterocycles. The normalized spacial score (nSPS) is 11.9. The van der Waals surface area contributed by atoms with Crippen molar-refractivity contribution in [3.05, 3.63) is 84.2 Å². The number of carbonyl (C=O) groups excluding carboxylic acids is 1. The molecule has 4 aromatic rings. The van der Waals surface area contributed by atoms with Gasteiger partial charge >= 0.3 is 0 Å². The minimum atomic E-state index is -1.20. The van der Waals surface area contributed by atoms with Gasteiger partial charge in [-0.3, -0.25) is 14.7 Å². The summed E-state index contributed by atoms with van der Waals surface area (Å²) in [7, 11) is 1.60. The Kier molecular flexibility index (Phi) is 5.01. The maximum absolute atomic E-state index is 13.3. The molecule has 2 heterocycles. The average Bonchev–Trinajstić information content (AvgIpc) is 3.17. The van der Waals surface area contributed by atoms with E-state index >= 15 is 0 Å². The second-order valence-corrected chi connectivity index (χ2v) is 7.03. The molecule has 1 amide bonds. The minimum Gasteiger partial charge on any atom is -0.497 e. The zero-order valence-electron chi connectivity index (χ0n) is 15.0. The number of aliphatic hydroxyl groups is 1. The Morgan fingerprint density at radius 3 is 2.57 bits per heavy atom. The second kappa shape index (κ2) is 7.75. The first-order chi connectivity index (χ1) is 13.7. The first kappa shape index (κ1) is 18.1. The Morgan fingerprint density at radius 1 is 1.11 bits per heavy atom. The number of aromatic nitrogens is 2. The van der Waals surface area contributed by atoms with Crippen LogP contribution in [0.25, 0.3) is 10.2 Å². The fourth-order valence-electron chi connectivity index (χ4n) is 2.83. The van der Waals surface area contributed by atoms with E-state index in [4.69, 9.17) is 4.74 Å². The highest BCUT2D eigenvalue weighted by molar-refractivity contribution is 7.22. The van der Waals surface area contributed by atoms with Gasteiger partial charge in [0, 0.05) is 23.5 Å². The Morgan fingerprint density at radius 2 is 1.86 bits per heavy atom. The van der Waals surface area contributed by atoms with Gasteiger partial charge in [-0.25, -0.2) is 4.98 Å². The number of fused-ring (bicyclic) bond motifs is 1. The summed E-state index contributed by atoms with van der Waals surface area (Å²) < 4.78 is 6.13. The van der Waals surface area contributed by atoms with E-state index in [9.17, 15) is 9.90 Å². The molecule has 1 atom stereocenters. The summed E-state index contributed by atoms with van der Waals surface area (Å²) in [5.41, 5.74) is 1.75. The van der Waals surface area contributed by atoms with Crippen molar-refractivity contribution in [1.29, 1.82) is 0 Å². The third kappa shape index (κ3) is 3.45. The number of ether oxygens (including phenoxy) is 1. The number of aliphatic hydroxyl groups excluding tert-OH is 1. The molecule has 1 N–H and O–H groups in total. The van der Waals surface area contributed by atoms with Crippen molar-refractivity contribution in [3.63, 3.8) is 0 Å². The third-order valence-corrected chi connectivity index (χ3v) is 5.30. The highest BCUT2D eigenvalue weighted by atomic mass is 32.1. The molecule has 0 spiro atoms. The minimum absolute atomic E-state index is 0.337. The monoisotopic (exact) mass is 391 g/mol. The molecule has 0 saturated heterocycles. The molecule has 2 aromatic heterocycles. The van der Waals surface area contributed by atoms with Gasteiger partial charge in [-0.05, 0) is 42.5 Å². The molecule has 4 rings (SSSR count). The average molecular weight is 391 g/mol. The third-order valence-electron chi connectivity index (χ3n) is 4.28. The van der Waals surface area contributed by atoms with Gasteiger partial charge in [-0.1, -0.05) is 29.5 Å². The van der Waals surface area contributed by atoms with Crippen LogP contribution in [-0.2, 0) is 0 Å². The molecule has 1 unspecified atom stereocenters. The van der Waals surface area contributed by atoms with Crippen molar-refractivity contribution in [2.45, 2.75) is 6.23 Å². The van der Waals surface area contributed by atoms with Crippen LogP contribution in [0.5, 0.6) is 5.75 Å². The summed E-state index contributed by atoms with van der Waals surface area (Å²) in [6.07, 6.45) is 1.96. The molecular formula is C21H17N3O3S. The summed E-state index contributed by atoms with van der Waals surface area (Å²) >= 11 is 1.32. The lowest BCUT2D eigenvalue weighted by molar-refractivity contribution is 0.0886. The summed E-state index contributed by atoms with van der Waals surface area (Å²) in [6, 6.07) is 17.7. The van der Waals surface area contributed by atoms with Crippen LogP contribution in [0.3, 0.4) is 0 Å². The smallest absolute Gasteiger partial charge is 0.262 e. The van der Waals surface area contributed by atoms with Crippen molar-refractivity contribution in [1.82, 2.24) is 9.97 Å². The van der Waals surface area contributed by atoms with E-state index in [0.717, 1.165) is 10.2 Å². The topological polar surface area (TPSA) is 75.5 Å². The molecule has 2 aromatic carbocycles. The number of amides is 1. The van der Waals surface area contributed by atoms with Gasteiger partial charge in [0.15, 0.2) is 11.4 Å². The van der Waals surface area contributed by atoms with Crippen LogP contribution < -0.4 is 9.64 Å². The maximum atomic E-state index is 13.3. The molecular weight excluding hydrogens is 374 g/mol. The molecule has 0 bridgehead atoms. The van der Waals surface area contributed by atoms with Crippen LogP contribution in [0.1, 0.15) is 22.1 Å². The molecule has 6 nitrogen and oxygen atoms in total. The molecule has 0 aliphatic carbocycles. The fraction of sp³-hybridized carbons (Fsp3) is 0.0952. The van der Waals surface area contributed by atoms with Crippen molar-refractivity contribution >= 4 is 32.6 Å². The lowest BCUT2D eigenvalue weighted by Crippen LogP contribution is -2.35. The van der Waals surface area contributed by atoms with E-state index < -0.39 is 6.23 Å². The summed E-state index contributed by atoms with van der Waals surface area (Å²) in [4.78, 5) is 23.1. The van der Waals surface area contributed by atoms with Gasteiger partial charge in [0.1, 0.15) is 5.75 Å². The Labute approximate surface area is 165 Å². The predicted octanol–water partition coefficient (Wildman–Crippen LogP) is 4.04. The quantitative estimate of drug-likeness (QED) is 0.520.